The normalized spacial score (nSPS) is 14.1. The van der Waals surface area contributed by atoms with Gasteiger partial charge in [0.15, 0.2) is 0 Å². The highest BCUT2D eigenvalue weighted by atomic mass is 16.4. The van der Waals surface area contributed by atoms with Gasteiger partial charge in [0, 0.05) is 11.9 Å². The number of allylic oxidation sites excluding steroid dienone is 2. The summed E-state index contributed by atoms with van der Waals surface area (Å²) in [5, 5.41) is 10.0. The quantitative estimate of drug-likeness (QED) is 0.690. The number of hydrogen-bond donors (Lipinski definition) is 2. The molecule has 2 N–H and O–H groups in total. The Hall–Kier alpha value is -3.07. The van der Waals surface area contributed by atoms with E-state index in [2.05, 4.69) is 17.1 Å². The van der Waals surface area contributed by atoms with Crippen molar-refractivity contribution in [2.24, 2.45) is 0 Å². The molecule has 1 unspecified atom stereocenters. The van der Waals surface area contributed by atoms with Crippen LogP contribution in [0.3, 0.4) is 0 Å². The van der Waals surface area contributed by atoms with Gasteiger partial charge in [-0.1, -0.05) is 66.7 Å². The highest BCUT2D eigenvalue weighted by Gasteiger charge is 2.29. The van der Waals surface area contributed by atoms with Gasteiger partial charge in [-0.2, -0.15) is 0 Å². The monoisotopic (exact) mass is 329 g/mol. The van der Waals surface area contributed by atoms with Crippen LogP contribution < -0.4 is 0 Å². The van der Waals surface area contributed by atoms with Gasteiger partial charge in [-0.25, -0.2) is 0 Å². The Kier molecular flexibility index (Phi) is 3.98. The van der Waals surface area contributed by atoms with Crippen molar-refractivity contribution in [2.75, 3.05) is 0 Å². The largest absolute Gasteiger partial charge is 0.480 e. The number of hydrogen-bond acceptors (Lipinski definition) is 1. The molecule has 25 heavy (non-hydrogen) atoms. The third kappa shape index (κ3) is 2.78. The molecule has 0 aliphatic heterocycles. The fourth-order valence-electron chi connectivity index (χ4n) is 3.65. The molecule has 124 valence electrons. The van der Waals surface area contributed by atoms with Gasteiger partial charge in [0.25, 0.3) is 0 Å². The molecule has 1 aliphatic rings. The summed E-state index contributed by atoms with van der Waals surface area (Å²) in [5.74, 6) is -1.53. The number of aromatic nitrogens is 1. The molecule has 0 amide bonds. The van der Waals surface area contributed by atoms with Crippen molar-refractivity contribution in [3.63, 3.8) is 0 Å². The van der Waals surface area contributed by atoms with E-state index in [1.54, 1.807) is 0 Å². The zero-order chi connectivity index (χ0) is 17.2. The number of carbonyl (C=O) groups is 1. The number of H-pyrrole nitrogens is 1. The van der Waals surface area contributed by atoms with E-state index in [9.17, 15) is 9.90 Å². The van der Waals surface area contributed by atoms with Gasteiger partial charge >= 0.3 is 5.97 Å². The van der Waals surface area contributed by atoms with Gasteiger partial charge in [0.1, 0.15) is 5.92 Å². The molecule has 3 heteroatoms. The second-order valence-corrected chi connectivity index (χ2v) is 6.31. The van der Waals surface area contributed by atoms with Gasteiger partial charge in [-0.15, -0.1) is 0 Å². The maximum atomic E-state index is 12.2. The van der Waals surface area contributed by atoms with Crippen LogP contribution in [0.15, 0.2) is 72.9 Å². The van der Waals surface area contributed by atoms with E-state index >= 15 is 0 Å². The molecule has 3 nitrogen and oxygen atoms in total. The minimum absolute atomic E-state index is 0.702. The van der Waals surface area contributed by atoms with Gasteiger partial charge in [0.2, 0.25) is 0 Å². The third-order valence-corrected chi connectivity index (χ3v) is 4.83. The molecule has 1 atom stereocenters. The van der Waals surface area contributed by atoms with Crippen molar-refractivity contribution in [3.8, 4) is 11.1 Å². The van der Waals surface area contributed by atoms with Crippen molar-refractivity contribution in [1.29, 1.82) is 0 Å². The second-order valence-electron chi connectivity index (χ2n) is 6.31. The van der Waals surface area contributed by atoms with Gasteiger partial charge < -0.3 is 10.1 Å². The Morgan fingerprint density at radius 3 is 2.48 bits per heavy atom. The molecule has 0 saturated carbocycles. The first-order valence-corrected chi connectivity index (χ1v) is 8.47. The van der Waals surface area contributed by atoms with Gasteiger partial charge in [0.05, 0.1) is 0 Å². The molecule has 2 aromatic carbocycles. The Bertz CT molecular complexity index is 938. The molecule has 0 bridgehead atoms. The number of carboxylic acid groups (broad SMARTS) is 1. The van der Waals surface area contributed by atoms with E-state index in [-0.39, 0.29) is 0 Å². The lowest BCUT2D eigenvalue weighted by Crippen LogP contribution is -2.16. The average molecular weight is 329 g/mol. The van der Waals surface area contributed by atoms with E-state index in [0.29, 0.717) is 0 Å². The lowest BCUT2D eigenvalue weighted by atomic mass is 9.85. The van der Waals surface area contributed by atoms with Crippen molar-refractivity contribution in [3.05, 3.63) is 95.3 Å². The predicted octanol–water partition coefficient (Wildman–Crippen LogP) is 4.55. The number of rotatable bonds is 4. The molecular formula is C22H19NO2. The first-order valence-electron chi connectivity index (χ1n) is 8.47. The summed E-state index contributed by atoms with van der Waals surface area (Å²) in [7, 11) is 0. The number of carboxylic acids is 1. The van der Waals surface area contributed by atoms with Crippen LogP contribution in [0.1, 0.15) is 28.3 Å². The zero-order valence-electron chi connectivity index (χ0n) is 13.8. The van der Waals surface area contributed by atoms with Crippen LogP contribution in [0.2, 0.25) is 0 Å². The van der Waals surface area contributed by atoms with Crippen LogP contribution in [-0.2, 0) is 17.6 Å². The fourth-order valence-corrected chi connectivity index (χ4v) is 3.65. The van der Waals surface area contributed by atoms with Gasteiger partial charge in [-0.05, 0) is 40.7 Å². The zero-order valence-corrected chi connectivity index (χ0v) is 13.8. The number of fused-ring (bicyclic) bond motifs is 1. The minimum Gasteiger partial charge on any atom is -0.480 e. The smallest absolute Gasteiger partial charge is 0.317 e. The van der Waals surface area contributed by atoms with Crippen LogP contribution in [0.4, 0.5) is 0 Å². The molecule has 3 aromatic rings. The van der Waals surface area contributed by atoms with E-state index < -0.39 is 11.9 Å². The van der Waals surface area contributed by atoms with Crippen LogP contribution >= 0.6 is 0 Å². The summed E-state index contributed by atoms with van der Waals surface area (Å²) in [4.78, 5) is 15.5. The van der Waals surface area contributed by atoms with Crippen molar-refractivity contribution >= 4 is 5.97 Å². The topological polar surface area (TPSA) is 53.1 Å². The first kappa shape index (κ1) is 15.5. The molecule has 1 heterocycles. The summed E-state index contributed by atoms with van der Waals surface area (Å²) >= 11 is 0. The first-order chi connectivity index (χ1) is 12.3. The predicted molar refractivity (Wildman–Crippen MR) is 98.7 cm³/mol. The Morgan fingerprint density at radius 2 is 1.68 bits per heavy atom. The Balaban J connectivity index is 1.87. The summed E-state index contributed by atoms with van der Waals surface area (Å²) < 4.78 is 0. The third-order valence-electron chi connectivity index (χ3n) is 4.83. The van der Waals surface area contributed by atoms with E-state index in [1.807, 2.05) is 60.8 Å². The SMILES string of the molecule is O=C(O)C(c1ccccc1-c1ccccc1)c1[nH]cc2c1CC=CC2. The molecule has 0 spiro atoms. The minimum atomic E-state index is -0.831. The molecule has 4 rings (SSSR count). The molecular weight excluding hydrogens is 310 g/mol. The Labute approximate surface area is 146 Å². The summed E-state index contributed by atoms with van der Waals surface area (Å²) in [6, 6.07) is 17.7. The van der Waals surface area contributed by atoms with Crippen molar-refractivity contribution in [1.82, 2.24) is 4.98 Å². The van der Waals surface area contributed by atoms with Crippen molar-refractivity contribution in [2.45, 2.75) is 18.8 Å². The standard InChI is InChI=1S/C22H19NO2/c24-22(25)20(21-18-12-5-4-10-16(18)14-23-21)19-13-7-6-11-17(19)15-8-2-1-3-9-15/h1-9,11,13-14,20,23H,10,12H2,(H,24,25). The number of aromatic amines is 1. The molecule has 1 aliphatic carbocycles. The number of aliphatic carboxylic acids is 1. The van der Waals surface area contributed by atoms with Crippen LogP contribution in [0.5, 0.6) is 0 Å². The van der Waals surface area contributed by atoms with E-state index in [4.69, 9.17) is 0 Å². The summed E-state index contributed by atoms with van der Waals surface area (Å²) in [6.07, 6.45) is 7.84. The van der Waals surface area contributed by atoms with Crippen LogP contribution in [0, 0.1) is 0 Å². The average Bonchev–Trinajstić information content (AvgIpc) is 3.07. The fraction of sp³-hybridized carbons (Fsp3) is 0.136. The van der Waals surface area contributed by atoms with Crippen molar-refractivity contribution < 1.29 is 9.90 Å². The highest BCUT2D eigenvalue weighted by molar-refractivity contribution is 5.84. The van der Waals surface area contributed by atoms with E-state index in [0.717, 1.165) is 40.8 Å². The lowest BCUT2D eigenvalue weighted by Gasteiger charge is -2.19. The van der Waals surface area contributed by atoms with Gasteiger partial charge in [-0.3, -0.25) is 4.79 Å². The molecule has 0 fully saturated rings. The summed E-state index contributed by atoms with van der Waals surface area (Å²) in [6.45, 7) is 0. The summed E-state index contributed by atoms with van der Waals surface area (Å²) in [5.41, 5.74) is 5.93. The van der Waals surface area contributed by atoms with Crippen LogP contribution in [0.25, 0.3) is 11.1 Å². The molecule has 1 aromatic heterocycles. The maximum Gasteiger partial charge on any atom is 0.317 e. The molecule has 0 radical (unpaired) electrons. The number of nitrogens with one attached hydrogen (secondary N) is 1. The van der Waals surface area contributed by atoms with Crippen LogP contribution in [-0.4, -0.2) is 16.1 Å². The maximum absolute atomic E-state index is 12.2. The van der Waals surface area contributed by atoms with E-state index in [1.165, 1.54) is 5.56 Å². The number of benzene rings is 2. The molecule has 0 saturated heterocycles. The lowest BCUT2D eigenvalue weighted by molar-refractivity contribution is -0.137. The second kappa shape index (κ2) is 6.44. The highest BCUT2D eigenvalue weighted by Crippen LogP contribution is 2.36. The Morgan fingerprint density at radius 1 is 0.960 bits per heavy atom.